The van der Waals surface area contributed by atoms with Crippen molar-refractivity contribution in [1.29, 1.82) is 0 Å². The summed E-state index contributed by atoms with van der Waals surface area (Å²) in [6, 6.07) is 0.393. The van der Waals surface area contributed by atoms with Crippen molar-refractivity contribution in [3.05, 3.63) is 16.6 Å². The first-order chi connectivity index (χ1) is 7.97. The van der Waals surface area contributed by atoms with E-state index in [1.807, 2.05) is 10.3 Å². The van der Waals surface area contributed by atoms with Crippen LogP contribution in [0.3, 0.4) is 0 Å². The van der Waals surface area contributed by atoms with Crippen LogP contribution in [0.25, 0.3) is 0 Å². The highest BCUT2D eigenvalue weighted by Crippen LogP contribution is 2.30. The Kier molecular flexibility index (Phi) is 3.52. The fourth-order valence-corrected chi connectivity index (χ4v) is 3.01. The Labute approximate surface area is 107 Å². The molecule has 1 aliphatic rings. The Balaban J connectivity index is 2.07. The summed E-state index contributed by atoms with van der Waals surface area (Å²) in [4.78, 5) is 18.4. The Bertz CT molecular complexity index is 381. The molecule has 0 aromatic carbocycles. The second-order valence-corrected chi connectivity index (χ2v) is 6.65. The Morgan fingerprint density at radius 3 is 2.94 bits per heavy atom. The van der Waals surface area contributed by atoms with Gasteiger partial charge in [-0.25, -0.2) is 4.98 Å². The molecule has 1 atom stereocenters. The van der Waals surface area contributed by atoms with E-state index in [2.05, 4.69) is 25.8 Å². The maximum absolute atomic E-state index is 12.3. The van der Waals surface area contributed by atoms with Crippen LogP contribution < -0.4 is 0 Å². The Morgan fingerprint density at radius 2 is 2.35 bits per heavy atom. The van der Waals surface area contributed by atoms with E-state index in [0.717, 1.165) is 25.8 Å². The number of amides is 1. The lowest BCUT2D eigenvalue weighted by Gasteiger charge is -2.30. The Hall–Kier alpha value is -0.900. The molecule has 0 N–H and O–H groups in total. The second kappa shape index (κ2) is 4.77. The number of aromatic nitrogens is 1. The molecule has 1 unspecified atom stereocenters. The maximum Gasteiger partial charge on any atom is 0.273 e. The van der Waals surface area contributed by atoms with Gasteiger partial charge in [-0.3, -0.25) is 4.79 Å². The molecule has 1 saturated heterocycles. The molecular weight excluding hydrogens is 232 g/mol. The zero-order valence-electron chi connectivity index (χ0n) is 10.8. The predicted octanol–water partition coefficient (Wildman–Crippen LogP) is 3.18. The second-order valence-electron chi connectivity index (χ2n) is 5.93. The van der Waals surface area contributed by atoms with Crippen molar-refractivity contribution in [2.24, 2.45) is 5.41 Å². The van der Waals surface area contributed by atoms with Crippen molar-refractivity contribution < 1.29 is 4.79 Å². The summed E-state index contributed by atoms with van der Waals surface area (Å²) in [6.45, 7) is 7.58. The number of hydrogen-bond acceptors (Lipinski definition) is 3. The zero-order valence-corrected chi connectivity index (χ0v) is 11.6. The lowest BCUT2D eigenvalue weighted by Crippen LogP contribution is -2.37. The van der Waals surface area contributed by atoms with Gasteiger partial charge in [0.1, 0.15) is 5.69 Å². The molecule has 17 heavy (non-hydrogen) atoms. The summed E-state index contributed by atoms with van der Waals surface area (Å²) in [5.41, 5.74) is 2.60. The molecule has 2 heterocycles. The van der Waals surface area contributed by atoms with Crippen LogP contribution in [0.5, 0.6) is 0 Å². The van der Waals surface area contributed by atoms with E-state index in [1.54, 1.807) is 5.51 Å². The van der Waals surface area contributed by atoms with Crippen molar-refractivity contribution in [3.63, 3.8) is 0 Å². The number of carbonyl (C=O) groups is 1. The smallest absolute Gasteiger partial charge is 0.273 e. The molecule has 3 nitrogen and oxygen atoms in total. The van der Waals surface area contributed by atoms with Gasteiger partial charge in [0.05, 0.1) is 5.51 Å². The average molecular weight is 252 g/mol. The molecular formula is C13H20N2OS. The fourth-order valence-electron chi connectivity index (χ4n) is 2.49. The van der Waals surface area contributed by atoms with Gasteiger partial charge >= 0.3 is 0 Å². The minimum absolute atomic E-state index is 0.109. The molecule has 0 spiro atoms. The van der Waals surface area contributed by atoms with Crippen molar-refractivity contribution in [3.8, 4) is 0 Å². The van der Waals surface area contributed by atoms with Crippen LogP contribution in [-0.2, 0) is 0 Å². The first-order valence-electron chi connectivity index (χ1n) is 6.16. The minimum Gasteiger partial charge on any atom is -0.334 e. The summed E-state index contributed by atoms with van der Waals surface area (Å²) in [6.07, 6.45) is 3.33. The van der Waals surface area contributed by atoms with E-state index < -0.39 is 0 Å². The third-order valence-corrected chi connectivity index (χ3v) is 3.72. The normalized spacial score (nSPS) is 20.9. The summed E-state index contributed by atoms with van der Waals surface area (Å²) >= 11 is 1.48. The molecule has 1 aromatic rings. The van der Waals surface area contributed by atoms with Crippen LogP contribution in [0, 0.1) is 5.41 Å². The van der Waals surface area contributed by atoms with E-state index >= 15 is 0 Å². The number of rotatable bonds is 2. The highest BCUT2D eigenvalue weighted by Gasteiger charge is 2.32. The summed E-state index contributed by atoms with van der Waals surface area (Å²) < 4.78 is 0. The van der Waals surface area contributed by atoms with E-state index in [4.69, 9.17) is 0 Å². The number of likely N-dealkylation sites (tertiary alicyclic amines) is 1. The molecule has 4 heteroatoms. The Morgan fingerprint density at radius 1 is 1.59 bits per heavy atom. The van der Waals surface area contributed by atoms with Crippen LogP contribution in [0.15, 0.2) is 10.9 Å². The molecule has 0 radical (unpaired) electrons. The van der Waals surface area contributed by atoms with Crippen LogP contribution in [0.1, 0.15) is 50.5 Å². The molecule has 0 saturated carbocycles. The molecule has 1 fully saturated rings. The number of thiazole rings is 1. The van der Waals surface area contributed by atoms with E-state index in [-0.39, 0.29) is 11.3 Å². The number of hydrogen-bond donors (Lipinski definition) is 0. The SMILES string of the molecule is CC(C)(C)CC1CCCN1C(=O)c1cscn1. The lowest BCUT2D eigenvalue weighted by molar-refractivity contribution is 0.0699. The number of nitrogens with zero attached hydrogens (tertiary/aromatic N) is 2. The molecule has 1 aliphatic heterocycles. The van der Waals surface area contributed by atoms with Gasteiger partial charge in [-0.05, 0) is 24.7 Å². The van der Waals surface area contributed by atoms with E-state index in [9.17, 15) is 4.79 Å². The molecule has 0 aliphatic carbocycles. The van der Waals surface area contributed by atoms with E-state index in [1.165, 1.54) is 11.3 Å². The lowest BCUT2D eigenvalue weighted by atomic mass is 9.87. The van der Waals surface area contributed by atoms with Gasteiger partial charge in [-0.2, -0.15) is 0 Å². The van der Waals surface area contributed by atoms with Crippen molar-refractivity contribution in [2.75, 3.05) is 6.54 Å². The maximum atomic E-state index is 12.3. The van der Waals surface area contributed by atoms with Gasteiger partial charge in [-0.15, -0.1) is 11.3 Å². The third-order valence-electron chi connectivity index (χ3n) is 3.14. The van der Waals surface area contributed by atoms with Crippen LogP contribution >= 0.6 is 11.3 Å². The monoisotopic (exact) mass is 252 g/mol. The van der Waals surface area contributed by atoms with E-state index in [0.29, 0.717) is 11.7 Å². The van der Waals surface area contributed by atoms with Crippen LogP contribution in [0.4, 0.5) is 0 Å². The van der Waals surface area contributed by atoms with Gasteiger partial charge in [0, 0.05) is 18.0 Å². The van der Waals surface area contributed by atoms with Gasteiger partial charge in [0.25, 0.3) is 5.91 Å². The van der Waals surface area contributed by atoms with Gasteiger partial charge < -0.3 is 4.90 Å². The van der Waals surface area contributed by atoms with Gasteiger partial charge in [-0.1, -0.05) is 20.8 Å². The molecule has 94 valence electrons. The van der Waals surface area contributed by atoms with Gasteiger partial charge in [0.15, 0.2) is 0 Å². The standard InChI is InChI=1S/C13H20N2OS/c1-13(2,3)7-10-5-4-6-15(10)12(16)11-8-17-9-14-11/h8-10H,4-7H2,1-3H3. The zero-order chi connectivity index (χ0) is 12.5. The van der Waals surface area contributed by atoms with Crippen LogP contribution in [-0.4, -0.2) is 28.4 Å². The largest absolute Gasteiger partial charge is 0.334 e. The summed E-state index contributed by atoms with van der Waals surface area (Å²) in [5, 5.41) is 1.84. The number of carbonyl (C=O) groups excluding carboxylic acids is 1. The molecule has 1 amide bonds. The van der Waals surface area contributed by atoms with Crippen molar-refractivity contribution in [2.45, 2.75) is 46.1 Å². The van der Waals surface area contributed by atoms with Crippen molar-refractivity contribution in [1.82, 2.24) is 9.88 Å². The first kappa shape index (κ1) is 12.6. The molecule has 2 rings (SSSR count). The molecule has 0 bridgehead atoms. The van der Waals surface area contributed by atoms with Crippen molar-refractivity contribution >= 4 is 17.2 Å². The highest BCUT2D eigenvalue weighted by molar-refractivity contribution is 7.07. The fraction of sp³-hybridized carbons (Fsp3) is 0.692. The predicted molar refractivity (Wildman–Crippen MR) is 70.2 cm³/mol. The highest BCUT2D eigenvalue weighted by atomic mass is 32.1. The first-order valence-corrected chi connectivity index (χ1v) is 7.11. The average Bonchev–Trinajstić information content (AvgIpc) is 2.83. The molecule has 1 aromatic heterocycles. The quantitative estimate of drug-likeness (QED) is 0.810. The third kappa shape index (κ3) is 3.06. The summed E-state index contributed by atoms with van der Waals surface area (Å²) in [5.74, 6) is 0.109. The van der Waals surface area contributed by atoms with Crippen LogP contribution in [0.2, 0.25) is 0 Å². The topological polar surface area (TPSA) is 33.2 Å². The summed E-state index contributed by atoms with van der Waals surface area (Å²) in [7, 11) is 0. The minimum atomic E-state index is 0.109. The van der Waals surface area contributed by atoms with Gasteiger partial charge in [0.2, 0.25) is 0 Å².